The molecule has 5 nitrogen and oxygen atoms in total. The van der Waals surface area contributed by atoms with E-state index in [2.05, 4.69) is 20.4 Å². The van der Waals surface area contributed by atoms with E-state index >= 15 is 0 Å². The molecule has 0 fully saturated rings. The van der Waals surface area contributed by atoms with Gasteiger partial charge < -0.3 is 5.32 Å². The number of hydrogen-bond donors (Lipinski definition) is 1. The standard InChI is InChI=1S/C10H13N5/c1-15-8-13-10(14-15)4-7-12-9-2-5-11-6-3-9/h2-3,5-6,8H,4,7H2,1H3,(H,11,12). The minimum absolute atomic E-state index is 0.823. The van der Waals surface area contributed by atoms with Crippen molar-refractivity contribution in [1.29, 1.82) is 0 Å². The lowest BCUT2D eigenvalue weighted by atomic mass is 10.3. The summed E-state index contributed by atoms with van der Waals surface area (Å²) in [6, 6.07) is 3.87. The van der Waals surface area contributed by atoms with Crippen LogP contribution in [0.15, 0.2) is 30.9 Å². The molecule has 1 N–H and O–H groups in total. The summed E-state index contributed by atoms with van der Waals surface area (Å²) in [6.07, 6.45) is 6.06. The Hall–Kier alpha value is -1.91. The monoisotopic (exact) mass is 203 g/mol. The maximum absolute atomic E-state index is 4.20. The number of aromatic nitrogens is 4. The molecule has 0 saturated carbocycles. The van der Waals surface area contributed by atoms with Gasteiger partial charge in [-0.3, -0.25) is 9.67 Å². The molecule has 5 heteroatoms. The van der Waals surface area contributed by atoms with E-state index in [1.165, 1.54) is 0 Å². The molecule has 2 heterocycles. The van der Waals surface area contributed by atoms with Crippen molar-refractivity contribution in [1.82, 2.24) is 19.7 Å². The van der Waals surface area contributed by atoms with E-state index in [0.29, 0.717) is 0 Å². The molecule has 0 spiro atoms. The molecule has 2 aromatic heterocycles. The Bertz CT molecular complexity index is 409. The van der Waals surface area contributed by atoms with Crippen molar-refractivity contribution in [3.8, 4) is 0 Å². The van der Waals surface area contributed by atoms with E-state index in [9.17, 15) is 0 Å². The molecule has 0 aromatic carbocycles. The second kappa shape index (κ2) is 4.54. The van der Waals surface area contributed by atoms with Crippen molar-refractivity contribution in [3.05, 3.63) is 36.7 Å². The van der Waals surface area contributed by atoms with Crippen LogP contribution in [0, 0.1) is 0 Å². The Morgan fingerprint density at radius 1 is 1.33 bits per heavy atom. The van der Waals surface area contributed by atoms with E-state index in [-0.39, 0.29) is 0 Å². The largest absolute Gasteiger partial charge is 0.385 e. The number of anilines is 1. The van der Waals surface area contributed by atoms with Crippen LogP contribution in [0.1, 0.15) is 5.82 Å². The summed E-state index contributed by atoms with van der Waals surface area (Å²) < 4.78 is 1.71. The first kappa shape index (κ1) is 9.64. The van der Waals surface area contributed by atoms with Gasteiger partial charge in [0.15, 0.2) is 5.82 Å². The fourth-order valence-corrected chi connectivity index (χ4v) is 1.29. The van der Waals surface area contributed by atoms with Crippen molar-refractivity contribution < 1.29 is 0 Å². The first-order valence-corrected chi connectivity index (χ1v) is 4.83. The van der Waals surface area contributed by atoms with Gasteiger partial charge in [0.25, 0.3) is 0 Å². The Labute approximate surface area is 88.2 Å². The zero-order valence-corrected chi connectivity index (χ0v) is 8.59. The Balaban J connectivity index is 1.80. The number of hydrogen-bond acceptors (Lipinski definition) is 4. The molecule has 0 amide bonds. The zero-order chi connectivity index (χ0) is 10.5. The van der Waals surface area contributed by atoms with E-state index < -0.39 is 0 Å². The average molecular weight is 203 g/mol. The van der Waals surface area contributed by atoms with Gasteiger partial charge in [0.05, 0.1) is 0 Å². The SMILES string of the molecule is Cn1cnc(CCNc2ccncc2)n1. The van der Waals surface area contributed by atoms with Gasteiger partial charge in [-0.25, -0.2) is 4.98 Å². The molecule has 0 bridgehead atoms. The molecular formula is C10H13N5. The molecule has 2 aromatic rings. The summed E-state index contributed by atoms with van der Waals surface area (Å²) in [4.78, 5) is 8.09. The van der Waals surface area contributed by atoms with E-state index in [4.69, 9.17) is 0 Å². The van der Waals surface area contributed by atoms with Crippen molar-refractivity contribution in [2.24, 2.45) is 7.05 Å². The summed E-state index contributed by atoms with van der Waals surface area (Å²) in [7, 11) is 1.87. The lowest BCUT2D eigenvalue weighted by molar-refractivity contribution is 0.742. The first-order valence-electron chi connectivity index (χ1n) is 4.83. The molecule has 0 aliphatic rings. The predicted molar refractivity (Wildman–Crippen MR) is 57.4 cm³/mol. The second-order valence-electron chi connectivity index (χ2n) is 3.25. The van der Waals surface area contributed by atoms with Crippen LogP contribution < -0.4 is 5.32 Å². The third-order valence-electron chi connectivity index (χ3n) is 2.01. The summed E-state index contributed by atoms with van der Waals surface area (Å²) in [5.74, 6) is 0.860. The third-order valence-corrected chi connectivity index (χ3v) is 2.01. The fraction of sp³-hybridized carbons (Fsp3) is 0.300. The molecule has 78 valence electrons. The summed E-state index contributed by atoms with van der Waals surface area (Å²) in [5, 5.41) is 7.47. The normalized spacial score (nSPS) is 10.2. The first-order chi connectivity index (χ1) is 7.34. The van der Waals surface area contributed by atoms with E-state index in [0.717, 1.165) is 24.5 Å². The van der Waals surface area contributed by atoms with Gasteiger partial charge in [-0.15, -0.1) is 0 Å². The molecule has 0 unspecified atom stereocenters. The topological polar surface area (TPSA) is 55.6 Å². The van der Waals surface area contributed by atoms with Gasteiger partial charge in [0.1, 0.15) is 6.33 Å². The van der Waals surface area contributed by atoms with Crippen molar-refractivity contribution in [3.63, 3.8) is 0 Å². The minimum Gasteiger partial charge on any atom is -0.385 e. The highest BCUT2D eigenvalue weighted by Crippen LogP contribution is 2.02. The fourth-order valence-electron chi connectivity index (χ4n) is 1.29. The predicted octanol–water partition coefficient (Wildman–Crippen LogP) is 0.865. The number of rotatable bonds is 4. The molecule has 0 aliphatic heterocycles. The lowest BCUT2D eigenvalue weighted by Gasteiger charge is -2.02. The maximum Gasteiger partial charge on any atom is 0.152 e. The van der Waals surface area contributed by atoms with Gasteiger partial charge in [0, 0.05) is 38.1 Å². The Morgan fingerprint density at radius 2 is 2.13 bits per heavy atom. The summed E-state index contributed by atoms with van der Waals surface area (Å²) in [6.45, 7) is 0.827. The zero-order valence-electron chi connectivity index (χ0n) is 8.59. The molecule has 0 aliphatic carbocycles. The highest BCUT2D eigenvalue weighted by atomic mass is 15.3. The van der Waals surface area contributed by atoms with Crippen molar-refractivity contribution in [2.75, 3.05) is 11.9 Å². The maximum atomic E-state index is 4.20. The lowest BCUT2D eigenvalue weighted by Crippen LogP contribution is -2.06. The molecule has 2 rings (SSSR count). The highest BCUT2D eigenvalue weighted by molar-refractivity contribution is 5.40. The molecule has 0 atom stereocenters. The second-order valence-corrected chi connectivity index (χ2v) is 3.25. The number of nitrogens with one attached hydrogen (secondary N) is 1. The van der Waals surface area contributed by atoms with Crippen LogP contribution in [-0.2, 0) is 13.5 Å². The third kappa shape index (κ3) is 2.77. The van der Waals surface area contributed by atoms with Crippen LogP contribution in [0.3, 0.4) is 0 Å². The number of aryl methyl sites for hydroxylation is 1. The van der Waals surface area contributed by atoms with Crippen LogP contribution in [0.2, 0.25) is 0 Å². The van der Waals surface area contributed by atoms with Gasteiger partial charge in [-0.1, -0.05) is 0 Å². The van der Waals surface area contributed by atoms with Crippen molar-refractivity contribution >= 4 is 5.69 Å². The van der Waals surface area contributed by atoms with Gasteiger partial charge >= 0.3 is 0 Å². The van der Waals surface area contributed by atoms with Gasteiger partial charge in [-0.05, 0) is 12.1 Å². The van der Waals surface area contributed by atoms with Crippen LogP contribution in [0.25, 0.3) is 0 Å². The summed E-state index contributed by atoms with van der Waals surface area (Å²) >= 11 is 0. The van der Waals surface area contributed by atoms with Crippen LogP contribution in [-0.4, -0.2) is 26.3 Å². The van der Waals surface area contributed by atoms with Crippen LogP contribution >= 0.6 is 0 Å². The quantitative estimate of drug-likeness (QED) is 0.801. The summed E-state index contributed by atoms with van der Waals surface area (Å²) in [5.41, 5.74) is 1.07. The minimum atomic E-state index is 0.823. The number of pyridine rings is 1. The van der Waals surface area contributed by atoms with Gasteiger partial charge in [0.2, 0.25) is 0 Å². The number of nitrogens with zero attached hydrogens (tertiary/aromatic N) is 4. The Kier molecular flexibility index (Phi) is 2.92. The molecule has 0 radical (unpaired) electrons. The molecular weight excluding hydrogens is 190 g/mol. The smallest absolute Gasteiger partial charge is 0.152 e. The van der Waals surface area contributed by atoms with Crippen molar-refractivity contribution in [2.45, 2.75) is 6.42 Å². The van der Waals surface area contributed by atoms with Gasteiger partial charge in [-0.2, -0.15) is 5.10 Å². The van der Waals surface area contributed by atoms with E-state index in [1.54, 1.807) is 23.4 Å². The van der Waals surface area contributed by atoms with Crippen LogP contribution in [0.4, 0.5) is 5.69 Å². The molecule has 15 heavy (non-hydrogen) atoms. The average Bonchev–Trinajstić information content (AvgIpc) is 2.66. The molecule has 0 saturated heterocycles. The highest BCUT2D eigenvalue weighted by Gasteiger charge is 1.97. The Morgan fingerprint density at radius 3 is 2.80 bits per heavy atom. The van der Waals surface area contributed by atoms with E-state index in [1.807, 2.05) is 19.2 Å². The van der Waals surface area contributed by atoms with Crippen LogP contribution in [0.5, 0.6) is 0 Å².